The number of carbonyl (C=O) groups excluding carboxylic acids is 2. The van der Waals surface area contributed by atoms with Crippen molar-refractivity contribution in [3.63, 3.8) is 0 Å². The van der Waals surface area contributed by atoms with Crippen LogP contribution in [0.2, 0.25) is 0 Å². The van der Waals surface area contributed by atoms with Gasteiger partial charge in [-0.05, 0) is 37.3 Å². The smallest absolute Gasteiger partial charge is 0.294 e. The topological polar surface area (TPSA) is 84.0 Å². The maximum Gasteiger partial charge on any atom is 0.294 e. The lowest BCUT2D eigenvalue weighted by molar-refractivity contribution is -0.117. The first-order valence-corrected chi connectivity index (χ1v) is 9.62. The summed E-state index contributed by atoms with van der Waals surface area (Å²) in [6.45, 7) is 3.82. The monoisotopic (exact) mass is 401 g/mol. The van der Waals surface area contributed by atoms with Gasteiger partial charge in [0.2, 0.25) is 11.7 Å². The van der Waals surface area contributed by atoms with Crippen molar-refractivity contribution in [2.45, 2.75) is 19.9 Å². The zero-order valence-corrected chi connectivity index (χ0v) is 16.5. The average molecular weight is 401 g/mol. The van der Waals surface area contributed by atoms with Crippen LogP contribution in [-0.4, -0.2) is 38.8 Å². The number of carbonyl (C=O) groups is 2. The molecule has 0 aliphatic carbocycles. The summed E-state index contributed by atoms with van der Waals surface area (Å²) in [4.78, 5) is 37.7. The Morgan fingerprint density at radius 1 is 1.13 bits per heavy atom. The van der Waals surface area contributed by atoms with Gasteiger partial charge in [0.25, 0.3) is 5.91 Å². The van der Waals surface area contributed by atoms with E-state index in [-0.39, 0.29) is 23.6 Å². The molecule has 150 valence electrons. The highest BCUT2D eigenvalue weighted by atomic mass is 16.3. The Kier molecular flexibility index (Phi) is 4.13. The van der Waals surface area contributed by atoms with Gasteiger partial charge in [0.05, 0.1) is 29.4 Å². The lowest BCUT2D eigenvalue weighted by Crippen LogP contribution is -2.51. The first kappa shape index (κ1) is 18.1. The lowest BCUT2D eigenvalue weighted by atomic mass is 10.0. The third-order valence-corrected chi connectivity index (χ3v) is 5.29. The quantitative estimate of drug-likeness (QED) is 0.514. The molecule has 0 saturated carbocycles. The Hall–Kier alpha value is -3.94. The molecule has 0 spiro atoms. The van der Waals surface area contributed by atoms with Crippen molar-refractivity contribution in [1.29, 1.82) is 0 Å². The molecule has 2 amide bonds. The summed E-state index contributed by atoms with van der Waals surface area (Å²) < 4.78 is 7.16. The van der Waals surface area contributed by atoms with Crippen molar-refractivity contribution < 1.29 is 14.0 Å². The predicted molar refractivity (Wildman–Crippen MR) is 111 cm³/mol. The summed E-state index contributed by atoms with van der Waals surface area (Å²) in [6, 6.07) is 10.7. The molecule has 1 aliphatic heterocycles. The second-order valence-corrected chi connectivity index (χ2v) is 7.28. The van der Waals surface area contributed by atoms with Gasteiger partial charge in [0.1, 0.15) is 0 Å². The number of fused-ring (bicyclic) bond motifs is 2. The van der Waals surface area contributed by atoms with E-state index in [1.54, 1.807) is 28.1 Å². The SMILES string of the molecule is CC(=O)N1c2ccc(-c3ccn4ccnc4n3)cc2N(C(=O)c2ccco2)C[C@@H]1C. The first-order valence-electron chi connectivity index (χ1n) is 9.62. The standard InChI is InChI=1S/C22H19N5O3/c1-14-13-26(21(29)20-4-3-11-30-20)19-12-16(5-6-18(19)27(14)15(2)28)17-7-9-25-10-8-23-22(25)24-17/h3-12,14H,13H2,1-2H3/t14-/m0/s1. The Bertz CT molecular complexity index is 1260. The highest BCUT2D eigenvalue weighted by Crippen LogP contribution is 2.39. The maximum atomic E-state index is 13.1. The highest BCUT2D eigenvalue weighted by molar-refractivity contribution is 6.10. The van der Waals surface area contributed by atoms with Crippen LogP contribution in [0.5, 0.6) is 0 Å². The van der Waals surface area contributed by atoms with Crippen LogP contribution < -0.4 is 9.80 Å². The van der Waals surface area contributed by atoms with Crippen molar-refractivity contribution in [3.8, 4) is 11.3 Å². The molecule has 8 heteroatoms. The van der Waals surface area contributed by atoms with Gasteiger partial charge in [-0.25, -0.2) is 9.97 Å². The Balaban J connectivity index is 1.65. The van der Waals surface area contributed by atoms with Crippen molar-refractivity contribution in [2.75, 3.05) is 16.3 Å². The van der Waals surface area contributed by atoms with Gasteiger partial charge in [-0.15, -0.1) is 0 Å². The molecular weight excluding hydrogens is 382 g/mol. The second-order valence-electron chi connectivity index (χ2n) is 7.28. The van der Waals surface area contributed by atoms with Crippen molar-refractivity contribution >= 4 is 29.0 Å². The van der Waals surface area contributed by atoms with Gasteiger partial charge in [0.15, 0.2) is 5.76 Å². The summed E-state index contributed by atoms with van der Waals surface area (Å²) in [7, 11) is 0. The third-order valence-electron chi connectivity index (χ3n) is 5.29. The van der Waals surface area contributed by atoms with Crippen LogP contribution in [0, 0.1) is 0 Å². The summed E-state index contributed by atoms with van der Waals surface area (Å²) in [5.74, 6) is 0.531. The highest BCUT2D eigenvalue weighted by Gasteiger charge is 2.35. The van der Waals surface area contributed by atoms with Crippen LogP contribution in [0.1, 0.15) is 24.4 Å². The molecule has 3 aromatic heterocycles. The minimum absolute atomic E-state index is 0.0708. The molecule has 30 heavy (non-hydrogen) atoms. The van der Waals surface area contributed by atoms with Gasteiger partial charge >= 0.3 is 0 Å². The van der Waals surface area contributed by atoms with Crippen LogP contribution in [0.25, 0.3) is 17.0 Å². The van der Waals surface area contributed by atoms with Gasteiger partial charge in [-0.1, -0.05) is 6.07 Å². The fourth-order valence-electron chi connectivity index (χ4n) is 3.95. The summed E-state index contributed by atoms with van der Waals surface area (Å²) in [5, 5.41) is 0. The molecule has 5 rings (SSSR count). The van der Waals surface area contributed by atoms with E-state index >= 15 is 0 Å². The summed E-state index contributed by atoms with van der Waals surface area (Å²) in [5.41, 5.74) is 2.89. The van der Waals surface area contributed by atoms with Gasteiger partial charge in [0, 0.05) is 37.6 Å². The number of anilines is 2. The molecule has 1 aromatic carbocycles. The number of rotatable bonds is 2. The van der Waals surface area contributed by atoms with Crippen LogP contribution in [-0.2, 0) is 4.79 Å². The number of nitrogens with zero attached hydrogens (tertiary/aromatic N) is 5. The molecule has 0 saturated heterocycles. The van der Waals surface area contributed by atoms with E-state index in [2.05, 4.69) is 9.97 Å². The molecular formula is C22H19N5O3. The summed E-state index contributed by atoms with van der Waals surface area (Å²) >= 11 is 0. The number of amides is 2. The molecule has 1 atom stereocenters. The number of aromatic nitrogens is 3. The van der Waals surface area contributed by atoms with E-state index < -0.39 is 0 Å². The molecule has 4 aromatic rings. The van der Waals surface area contributed by atoms with Gasteiger partial charge in [-0.2, -0.15) is 0 Å². The van der Waals surface area contributed by atoms with E-state index in [1.165, 1.54) is 13.2 Å². The van der Waals surface area contributed by atoms with Crippen molar-refractivity contribution in [1.82, 2.24) is 14.4 Å². The molecule has 0 radical (unpaired) electrons. The van der Waals surface area contributed by atoms with Crippen LogP contribution >= 0.6 is 0 Å². The van der Waals surface area contributed by atoms with E-state index in [0.717, 1.165) is 11.3 Å². The molecule has 0 unspecified atom stereocenters. The van der Waals surface area contributed by atoms with Gasteiger partial charge < -0.3 is 14.2 Å². The van der Waals surface area contributed by atoms with Crippen LogP contribution in [0.3, 0.4) is 0 Å². The van der Waals surface area contributed by atoms with E-state index in [4.69, 9.17) is 4.42 Å². The molecule has 0 bridgehead atoms. The zero-order valence-electron chi connectivity index (χ0n) is 16.5. The van der Waals surface area contributed by atoms with E-state index in [0.29, 0.717) is 23.7 Å². The van der Waals surface area contributed by atoms with Crippen molar-refractivity contribution in [3.05, 3.63) is 67.0 Å². The van der Waals surface area contributed by atoms with Crippen molar-refractivity contribution in [2.24, 2.45) is 0 Å². The number of furan rings is 1. The fourth-order valence-corrected chi connectivity index (χ4v) is 3.95. The molecule has 1 aliphatic rings. The molecule has 4 heterocycles. The van der Waals surface area contributed by atoms with E-state index in [1.807, 2.05) is 48.0 Å². The average Bonchev–Trinajstić information content (AvgIpc) is 3.43. The molecule has 8 nitrogen and oxygen atoms in total. The normalized spacial score (nSPS) is 16.0. The number of benzene rings is 1. The largest absolute Gasteiger partial charge is 0.459 e. The van der Waals surface area contributed by atoms with E-state index in [9.17, 15) is 9.59 Å². The minimum Gasteiger partial charge on any atom is -0.459 e. The Morgan fingerprint density at radius 2 is 2.00 bits per heavy atom. The van der Waals surface area contributed by atoms with Crippen LogP contribution in [0.4, 0.5) is 11.4 Å². The summed E-state index contributed by atoms with van der Waals surface area (Å²) in [6.07, 6.45) is 6.88. The first-order chi connectivity index (χ1) is 14.5. The Labute approximate surface area is 172 Å². The number of hydrogen-bond donors (Lipinski definition) is 0. The van der Waals surface area contributed by atoms with Gasteiger partial charge in [-0.3, -0.25) is 14.0 Å². The zero-order chi connectivity index (χ0) is 20.8. The minimum atomic E-state index is -0.245. The third kappa shape index (κ3) is 2.85. The second kappa shape index (κ2) is 6.84. The number of hydrogen-bond acceptors (Lipinski definition) is 5. The fraction of sp³-hybridized carbons (Fsp3) is 0.182. The predicted octanol–water partition coefficient (Wildman–Crippen LogP) is 3.39. The Morgan fingerprint density at radius 3 is 2.77 bits per heavy atom. The molecule has 0 fully saturated rings. The maximum absolute atomic E-state index is 13.1. The van der Waals surface area contributed by atoms with Crippen LogP contribution in [0.15, 0.2) is 65.7 Å². The molecule has 0 N–H and O–H groups in total. The lowest BCUT2D eigenvalue weighted by Gasteiger charge is -2.40. The number of imidazole rings is 1.